The summed E-state index contributed by atoms with van der Waals surface area (Å²) in [6.45, 7) is 5.04. The van der Waals surface area contributed by atoms with Gasteiger partial charge < -0.3 is 20.4 Å². The topological polar surface area (TPSA) is 83.4 Å². The maximum Gasteiger partial charge on any atom is 0.242 e. The van der Waals surface area contributed by atoms with E-state index in [0.717, 1.165) is 0 Å². The summed E-state index contributed by atoms with van der Waals surface area (Å²) < 4.78 is 5.24. The summed E-state index contributed by atoms with van der Waals surface area (Å²) in [5.41, 5.74) is 2.40. The summed E-state index contributed by atoms with van der Waals surface area (Å²) in [5, 5.41) is 9.05. The van der Waals surface area contributed by atoms with E-state index >= 15 is 0 Å². The summed E-state index contributed by atoms with van der Waals surface area (Å²) in [6.07, 6.45) is 2.78. The molecule has 6 nitrogen and oxygen atoms in total. The number of furan rings is 1. The fraction of sp³-hybridized carbons (Fsp3) is 0.429. The fourth-order valence-corrected chi connectivity index (χ4v) is 3.33. The van der Waals surface area contributed by atoms with Crippen LogP contribution in [0, 0.1) is 5.92 Å². The molecule has 2 heterocycles. The maximum atomic E-state index is 12.8. The molecular formula is C21H28ClN3O3. The highest BCUT2D eigenvalue weighted by Crippen LogP contribution is 2.16. The molecule has 3 rings (SSSR count). The Morgan fingerprint density at radius 2 is 1.93 bits per heavy atom. The van der Waals surface area contributed by atoms with Crippen LogP contribution in [0.1, 0.15) is 37.2 Å². The minimum absolute atomic E-state index is 0. The van der Waals surface area contributed by atoms with Crippen LogP contribution in [0.3, 0.4) is 0 Å². The number of hydrogen-bond donors (Lipinski definition) is 3. The minimum Gasteiger partial charge on any atom is -0.467 e. The number of benzene rings is 1. The van der Waals surface area contributed by atoms with Gasteiger partial charge in [-0.1, -0.05) is 38.1 Å². The number of amides is 2. The van der Waals surface area contributed by atoms with E-state index in [4.69, 9.17) is 4.42 Å². The van der Waals surface area contributed by atoms with Crippen molar-refractivity contribution in [3.05, 3.63) is 59.5 Å². The van der Waals surface area contributed by atoms with Gasteiger partial charge in [0.15, 0.2) is 0 Å². The zero-order valence-corrected chi connectivity index (χ0v) is 17.1. The van der Waals surface area contributed by atoms with Crippen molar-refractivity contribution in [1.29, 1.82) is 0 Å². The molecule has 0 saturated heterocycles. The molecule has 1 aliphatic heterocycles. The van der Waals surface area contributed by atoms with Crippen LogP contribution in [0.15, 0.2) is 47.1 Å². The van der Waals surface area contributed by atoms with E-state index in [1.165, 1.54) is 11.1 Å². The molecule has 152 valence electrons. The Morgan fingerprint density at radius 3 is 2.61 bits per heavy atom. The normalized spacial score (nSPS) is 16.6. The first-order valence-electron chi connectivity index (χ1n) is 9.43. The van der Waals surface area contributed by atoms with Crippen molar-refractivity contribution < 1.29 is 14.0 Å². The lowest BCUT2D eigenvalue weighted by molar-refractivity contribution is -0.130. The van der Waals surface area contributed by atoms with Gasteiger partial charge in [-0.3, -0.25) is 9.59 Å². The van der Waals surface area contributed by atoms with Crippen molar-refractivity contribution in [2.24, 2.45) is 5.92 Å². The number of carbonyl (C=O) groups excluding carboxylic acids is 2. The molecular weight excluding hydrogens is 378 g/mol. The Bertz CT molecular complexity index is 777. The Hall–Kier alpha value is -2.31. The number of nitrogens with one attached hydrogen (secondary N) is 3. The zero-order chi connectivity index (χ0) is 19.2. The molecule has 0 aliphatic carbocycles. The molecule has 1 aromatic carbocycles. The summed E-state index contributed by atoms with van der Waals surface area (Å²) >= 11 is 0. The first-order valence-corrected chi connectivity index (χ1v) is 9.43. The van der Waals surface area contributed by atoms with E-state index in [2.05, 4.69) is 28.1 Å². The molecule has 0 fully saturated rings. The molecule has 0 unspecified atom stereocenters. The number of rotatable bonds is 7. The first kappa shape index (κ1) is 22.0. The fourth-order valence-electron chi connectivity index (χ4n) is 3.33. The molecule has 0 spiro atoms. The van der Waals surface area contributed by atoms with Gasteiger partial charge in [0.1, 0.15) is 11.8 Å². The van der Waals surface area contributed by atoms with Crippen LogP contribution in [0.4, 0.5) is 0 Å². The third-order valence-corrected chi connectivity index (χ3v) is 4.75. The maximum absolute atomic E-state index is 12.8. The van der Waals surface area contributed by atoms with E-state index < -0.39 is 6.04 Å². The lowest BCUT2D eigenvalue weighted by Crippen LogP contribution is -2.54. The summed E-state index contributed by atoms with van der Waals surface area (Å²) in [6, 6.07) is 10.8. The highest BCUT2D eigenvalue weighted by molar-refractivity contribution is 5.90. The molecule has 7 heteroatoms. The van der Waals surface area contributed by atoms with Crippen LogP contribution < -0.4 is 16.0 Å². The lowest BCUT2D eigenvalue weighted by atomic mass is 9.95. The van der Waals surface area contributed by atoms with Gasteiger partial charge in [0.05, 0.1) is 18.8 Å². The summed E-state index contributed by atoms with van der Waals surface area (Å²) in [7, 11) is 0. The van der Waals surface area contributed by atoms with E-state index in [1.807, 2.05) is 26.0 Å². The largest absolute Gasteiger partial charge is 0.467 e. The molecule has 0 saturated carbocycles. The van der Waals surface area contributed by atoms with Gasteiger partial charge in [0.25, 0.3) is 0 Å². The Morgan fingerprint density at radius 1 is 1.18 bits per heavy atom. The number of fused-ring (bicyclic) bond motifs is 1. The Balaban J connectivity index is 0.00000280. The van der Waals surface area contributed by atoms with Crippen LogP contribution in [0.2, 0.25) is 0 Å². The second kappa shape index (κ2) is 10.3. The molecule has 1 aromatic heterocycles. The first-order chi connectivity index (χ1) is 13.0. The molecule has 2 atom stereocenters. The second-order valence-corrected chi connectivity index (χ2v) is 7.39. The molecule has 3 N–H and O–H groups in total. The van der Waals surface area contributed by atoms with Gasteiger partial charge in [0.2, 0.25) is 11.8 Å². The Labute approximate surface area is 171 Å². The standard InChI is InChI=1S/C21H27N3O3.ClH/c1-14(2)10-19(20(25)23-13-17-8-5-9-27-17)24-21(26)18-11-15-6-3-4-7-16(15)12-22-18;/h3-9,14,18-19,22H,10-13H2,1-2H3,(H,23,25)(H,24,26);1H/t18-,19+;/m0./s1. The van der Waals surface area contributed by atoms with Gasteiger partial charge in [-0.15, -0.1) is 12.4 Å². The average molecular weight is 406 g/mol. The van der Waals surface area contributed by atoms with Gasteiger partial charge in [0, 0.05) is 6.54 Å². The highest BCUT2D eigenvalue weighted by atomic mass is 35.5. The average Bonchev–Trinajstić information content (AvgIpc) is 3.18. The van der Waals surface area contributed by atoms with Crippen molar-refractivity contribution in [2.75, 3.05) is 0 Å². The van der Waals surface area contributed by atoms with Crippen LogP contribution >= 0.6 is 12.4 Å². The number of carbonyl (C=O) groups is 2. The van der Waals surface area contributed by atoms with E-state index in [-0.39, 0.29) is 36.2 Å². The smallest absolute Gasteiger partial charge is 0.242 e. The highest BCUT2D eigenvalue weighted by Gasteiger charge is 2.28. The van der Waals surface area contributed by atoms with Crippen LogP contribution in [-0.2, 0) is 29.1 Å². The van der Waals surface area contributed by atoms with Gasteiger partial charge in [-0.2, -0.15) is 0 Å². The summed E-state index contributed by atoms with van der Waals surface area (Å²) in [5.74, 6) is 0.640. The van der Waals surface area contributed by atoms with Crippen molar-refractivity contribution in [2.45, 2.75) is 51.9 Å². The van der Waals surface area contributed by atoms with Crippen LogP contribution in [0.5, 0.6) is 0 Å². The van der Waals surface area contributed by atoms with Crippen LogP contribution in [0.25, 0.3) is 0 Å². The van der Waals surface area contributed by atoms with Crippen molar-refractivity contribution in [3.63, 3.8) is 0 Å². The van der Waals surface area contributed by atoms with E-state index in [1.54, 1.807) is 18.4 Å². The van der Waals surface area contributed by atoms with E-state index in [0.29, 0.717) is 31.7 Å². The van der Waals surface area contributed by atoms with Crippen LogP contribution in [-0.4, -0.2) is 23.9 Å². The van der Waals surface area contributed by atoms with Gasteiger partial charge in [-0.05, 0) is 42.0 Å². The monoisotopic (exact) mass is 405 g/mol. The molecule has 2 aromatic rings. The molecule has 0 radical (unpaired) electrons. The van der Waals surface area contributed by atoms with E-state index in [9.17, 15) is 9.59 Å². The third-order valence-electron chi connectivity index (χ3n) is 4.75. The Kier molecular flexibility index (Phi) is 8.08. The van der Waals surface area contributed by atoms with Crippen molar-refractivity contribution >= 4 is 24.2 Å². The van der Waals surface area contributed by atoms with Crippen molar-refractivity contribution in [3.8, 4) is 0 Å². The van der Waals surface area contributed by atoms with Crippen molar-refractivity contribution in [1.82, 2.24) is 16.0 Å². The molecule has 28 heavy (non-hydrogen) atoms. The lowest BCUT2D eigenvalue weighted by Gasteiger charge is -2.27. The predicted octanol–water partition coefficient (Wildman–Crippen LogP) is 2.56. The van der Waals surface area contributed by atoms with Gasteiger partial charge >= 0.3 is 0 Å². The zero-order valence-electron chi connectivity index (χ0n) is 16.2. The molecule has 0 bridgehead atoms. The predicted molar refractivity (Wildman–Crippen MR) is 110 cm³/mol. The molecule has 2 amide bonds. The number of hydrogen-bond acceptors (Lipinski definition) is 4. The summed E-state index contributed by atoms with van der Waals surface area (Å²) in [4.78, 5) is 25.4. The minimum atomic E-state index is -0.563. The SMILES string of the molecule is CC(C)C[C@@H](NC(=O)[C@@H]1Cc2ccccc2CN1)C(=O)NCc1ccco1.Cl. The second-order valence-electron chi connectivity index (χ2n) is 7.39. The molecule has 1 aliphatic rings. The van der Waals surface area contributed by atoms with Gasteiger partial charge in [-0.25, -0.2) is 0 Å². The quantitative estimate of drug-likeness (QED) is 0.661. The third kappa shape index (κ3) is 5.84. The number of halogens is 1.